The van der Waals surface area contributed by atoms with Crippen LogP contribution >= 0.6 is 0 Å². The lowest BCUT2D eigenvalue weighted by atomic mass is 9.70. The molecular formula is C45H41N. The van der Waals surface area contributed by atoms with E-state index in [1.807, 2.05) is 0 Å². The van der Waals surface area contributed by atoms with Crippen LogP contribution in [0.3, 0.4) is 0 Å². The molecule has 0 unspecified atom stereocenters. The van der Waals surface area contributed by atoms with Gasteiger partial charge in [-0.15, -0.1) is 0 Å². The van der Waals surface area contributed by atoms with Crippen LogP contribution in [-0.4, -0.2) is 0 Å². The molecule has 0 saturated carbocycles. The largest absolute Gasteiger partial charge is 0.355 e. The van der Waals surface area contributed by atoms with Crippen LogP contribution in [0, 0.1) is 0 Å². The Morgan fingerprint density at radius 2 is 0.913 bits per heavy atom. The van der Waals surface area contributed by atoms with E-state index in [1.165, 1.54) is 66.8 Å². The van der Waals surface area contributed by atoms with Crippen LogP contribution < -0.4 is 5.32 Å². The Bertz CT molecular complexity index is 2050. The highest BCUT2D eigenvalue weighted by molar-refractivity contribution is 5.98. The first-order chi connectivity index (χ1) is 22.1. The average Bonchev–Trinajstić information content (AvgIpc) is 3.52. The van der Waals surface area contributed by atoms with Gasteiger partial charge < -0.3 is 5.32 Å². The van der Waals surface area contributed by atoms with Crippen molar-refractivity contribution >= 4 is 11.4 Å². The summed E-state index contributed by atoms with van der Waals surface area (Å²) in [6.07, 6.45) is 0. The molecular weight excluding hydrogens is 555 g/mol. The van der Waals surface area contributed by atoms with Gasteiger partial charge in [0.05, 0.1) is 5.41 Å². The molecule has 0 aliphatic heterocycles. The van der Waals surface area contributed by atoms with Gasteiger partial charge in [0.25, 0.3) is 0 Å². The van der Waals surface area contributed by atoms with Crippen molar-refractivity contribution in [3.05, 3.63) is 167 Å². The minimum absolute atomic E-state index is 0.0631. The van der Waals surface area contributed by atoms with E-state index in [-0.39, 0.29) is 16.2 Å². The Morgan fingerprint density at radius 1 is 0.435 bits per heavy atom. The van der Waals surface area contributed by atoms with E-state index in [0.29, 0.717) is 0 Å². The van der Waals surface area contributed by atoms with Crippen LogP contribution in [0.2, 0.25) is 0 Å². The molecule has 1 nitrogen and oxygen atoms in total. The SMILES string of the molecule is CC(C)(C)c1cc(-c2cccc(Nc3cccc4c3C3(c5ccccc5-c5ccccc53)c3ccccc3-4)c2)cc(C(C)(C)C)c1. The molecule has 0 fully saturated rings. The molecule has 8 rings (SSSR count). The summed E-state index contributed by atoms with van der Waals surface area (Å²) in [5.74, 6) is 0. The predicted molar refractivity (Wildman–Crippen MR) is 195 cm³/mol. The molecule has 0 amide bonds. The lowest BCUT2D eigenvalue weighted by molar-refractivity contribution is 0.569. The van der Waals surface area contributed by atoms with Gasteiger partial charge in [-0.3, -0.25) is 0 Å². The van der Waals surface area contributed by atoms with E-state index in [0.717, 1.165) is 11.4 Å². The van der Waals surface area contributed by atoms with Crippen LogP contribution in [0.4, 0.5) is 11.4 Å². The van der Waals surface area contributed by atoms with Gasteiger partial charge in [0.2, 0.25) is 0 Å². The van der Waals surface area contributed by atoms with Crippen LogP contribution in [0.25, 0.3) is 33.4 Å². The van der Waals surface area contributed by atoms with Crippen molar-refractivity contribution < 1.29 is 0 Å². The van der Waals surface area contributed by atoms with Gasteiger partial charge in [0.1, 0.15) is 0 Å². The summed E-state index contributed by atoms with van der Waals surface area (Å²) in [6, 6.07) is 49.9. The highest BCUT2D eigenvalue weighted by Gasteiger charge is 2.52. The van der Waals surface area contributed by atoms with Crippen molar-refractivity contribution in [2.45, 2.75) is 57.8 Å². The maximum Gasteiger partial charge on any atom is 0.0745 e. The first kappa shape index (κ1) is 28.6. The molecule has 46 heavy (non-hydrogen) atoms. The van der Waals surface area contributed by atoms with Gasteiger partial charge in [-0.25, -0.2) is 0 Å². The Hall–Kier alpha value is -4.88. The summed E-state index contributed by atoms with van der Waals surface area (Å²) in [5.41, 5.74) is 17.9. The van der Waals surface area contributed by atoms with Crippen LogP contribution in [-0.2, 0) is 16.2 Å². The number of anilines is 2. The fraction of sp³-hybridized carbons (Fsp3) is 0.200. The van der Waals surface area contributed by atoms with Gasteiger partial charge in [-0.2, -0.15) is 0 Å². The van der Waals surface area contributed by atoms with Crippen molar-refractivity contribution in [2.24, 2.45) is 0 Å². The third kappa shape index (κ3) is 4.22. The predicted octanol–water partition coefficient (Wildman–Crippen LogP) is 12.0. The normalized spacial score (nSPS) is 14.0. The lowest BCUT2D eigenvalue weighted by Crippen LogP contribution is -2.26. The van der Waals surface area contributed by atoms with Crippen LogP contribution in [0.15, 0.2) is 133 Å². The summed E-state index contributed by atoms with van der Waals surface area (Å²) >= 11 is 0. The molecule has 2 aliphatic rings. The number of nitrogens with one attached hydrogen (secondary N) is 1. The number of hydrogen-bond acceptors (Lipinski definition) is 1. The molecule has 6 aromatic rings. The van der Waals surface area contributed by atoms with Crippen molar-refractivity contribution in [1.82, 2.24) is 0 Å². The molecule has 6 aromatic carbocycles. The standard InChI is InChI=1S/C45H41N/c1-43(2,3)31-25-30(26-32(28-31)44(4,5)6)29-15-13-16-33(27-29)46-41-24-14-20-37-36-19-9-12-23-40(36)45(42(37)41)38-21-10-7-17-34(38)35-18-8-11-22-39(35)45/h7-28,46H,1-6H3. The minimum atomic E-state index is -0.386. The summed E-state index contributed by atoms with van der Waals surface area (Å²) in [7, 11) is 0. The Balaban J connectivity index is 1.31. The third-order valence-electron chi connectivity index (χ3n) is 10.2. The molecule has 0 bridgehead atoms. The van der Waals surface area contributed by atoms with E-state index in [2.05, 4.69) is 180 Å². The second-order valence-electron chi connectivity index (χ2n) is 15.1. The van der Waals surface area contributed by atoms with Gasteiger partial charge in [-0.05, 0) is 90.2 Å². The van der Waals surface area contributed by atoms with Gasteiger partial charge >= 0.3 is 0 Å². The zero-order valence-corrected chi connectivity index (χ0v) is 27.7. The summed E-state index contributed by atoms with van der Waals surface area (Å²) in [6.45, 7) is 13.8. The van der Waals surface area contributed by atoms with Crippen LogP contribution in [0.1, 0.15) is 74.9 Å². The molecule has 226 valence electrons. The Labute approximate surface area is 274 Å². The number of hydrogen-bond donors (Lipinski definition) is 1. The minimum Gasteiger partial charge on any atom is -0.355 e. The zero-order chi connectivity index (χ0) is 31.8. The molecule has 0 radical (unpaired) electrons. The van der Waals surface area contributed by atoms with Crippen molar-refractivity contribution in [1.29, 1.82) is 0 Å². The lowest BCUT2D eigenvalue weighted by Gasteiger charge is -2.32. The second-order valence-corrected chi connectivity index (χ2v) is 15.1. The van der Waals surface area contributed by atoms with Gasteiger partial charge in [-0.1, -0.05) is 157 Å². The molecule has 0 heterocycles. The quantitative estimate of drug-likeness (QED) is 0.214. The van der Waals surface area contributed by atoms with Gasteiger partial charge in [0.15, 0.2) is 0 Å². The van der Waals surface area contributed by atoms with Crippen molar-refractivity contribution in [3.8, 4) is 33.4 Å². The number of benzene rings is 6. The second kappa shape index (κ2) is 10.1. The summed E-state index contributed by atoms with van der Waals surface area (Å²) < 4.78 is 0. The smallest absolute Gasteiger partial charge is 0.0745 e. The average molecular weight is 596 g/mol. The third-order valence-corrected chi connectivity index (χ3v) is 10.2. The fourth-order valence-corrected chi connectivity index (χ4v) is 7.85. The maximum absolute atomic E-state index is 3.95. The summed E-state index contributed by atoms with van der Waals surface area (Å²) in [5, 5.41) is 3.95. The molecule has 2 aliphatic carbocycles. The topological polar surface area (TPSA) is 12.0 Å². The van der Waals surface area contributed by atoms with Gasteiger partial charge in [0, 0.05) is 16.9 Å². The monoisotopic (exact) mass is 595 g/mol. The van der Waals surface area contributed by atoms with E-state index in [1.54, 1.807) is 0 Å². The molecule has 1 spiro atoms. The van der Waals surface area contributed by atoms with E-state index >= 15 is 0 Å². The highest BCUT2D eigenvalue weighted by Crippen LogP contribution is 2.64. The van der Waals surface area contributed by atoms with E-state index in [9.17, 15) is 0 Å². The zero-order valence-electron chi connectivity index (χ0n) is 27.7. The Morgan fingerprint density at radius 3 is 1.46 bits per heavy atom. The highest BCUT2D eigenvalue weighted by atomic mass is 14.9. The molecule has 1 N–H and O–H groups in total. The van der Waals surface area contributed by atoms with Crippen molar-refractivity contribution in [3.63, 3.8) is 0 Å². The maximum atomic E-state index is 3.95. The molecule has 1 heteroatoms. The fourth-order valence-electron chi connectivity index (χ4n) is 7.85. The summed E-state index contributed by atoms with van der Waals surface area (Å²) in [4.78, 5) is 0. The van der Waals surface area contributed by atoms with E-state index in [4.69, 9.17) is 0 Å². The molecule has 0 atom stereocenters. The number of rotatable bonds is 3. The van der Waals surface area contributed by atoms with Crippen LogP contribution in [0.5, 0.6) is 0 Å². The Kier molecular flexibility index (Phi) is 6.25. The molecule has 0 aromatic heterocycles. The first-order valence-electron chi connectivity index (χ1n) is 16.5. The van der Waals surface area contributed by atoms with E-state index < -0.39 is 0 Å². The molecule has 0 saturated heterocycles. The first-order valence-corrected chi connectivity index (χ1v) is 16.5. The van der Waals surface area contributed by atoms with Crippen molar-refractivity contribution in [2.75, 3.05) is 5.32 Å². The number of fused-ring (bicyclic) bond motifs is 10.